The molecule has 6 nitrogen and oxygen atoms in total. The van der Waals surface area contributed by atoms with Crippen LogP contribution in [0, 0.1) is 0 Å². The van der Waals surface area contributed by atoms with Gasteiger partial charge >= 0.3 is 0 Å². The van der Waals surface area contributed by atoms with Gasteiger partial charge in [0.05, 0.1) is 0 Å². The molecule has 0 atom stereocenters. The quantitative estimate of drug-likeness (QED) is 0.858. The lowest BCUT2D eigenvalue weighted by Gasteiger charge is -2.32. The fraction of sp³-hybridized carbons (Fsp3) is 0.500. The fourth-order valence-electron chi connectivity index (χ4n) is 2.36. The minimum absolute atomic E-state index is 0.206. The number of hydrogen-bond acceptors (Lipinski definition) is 4. The summed E-state index contributed by atoms with van der Waals surface area (Å²) in [5.41, 5.74) is 5.47. The molecule has 0 spiro atoms. The van der Waals surface area contributed by atoms with Crippen LogP contribution in [0.1, 0.15) is 36.7 Å². The van der Waals surface area contributed by atoms with Crippen molar-refractivity contribution in [3.05, 3.63) is 23.9 Å². The van der Waals surface area contributed by atoms with Crippen LogP contribution in [0.2, 0.25) is 0 Å². The molecule has 1 fully saturated rings. The van der Waals surface area contributed by atoms with Gasteiger partial charge in [0.25, 0.3) is 5.91 Å². The molecule has 2 amide bonds. The van der Waals surface area contributed by atoms with Crippen molar-refractivity contribution in [3.8, 4) is 0 Å². The van der Waals surface area contributed by atoms with Crippen LogP contribution in [-0.4, -0.2) is 40.8 Å². The Hall–Kier alpha value is -2.11. The molecule has 1 aliphatic rings. The Morgan fingerprint density at radius 1 is 1.40 bits per heavy atom. The first-order chi connectivity index (χ1) is 9.60. The van der Waals surface area contributed by atoms with Gasteiger partial charge in [-0.2, -0.15) is 0 Å². The summed E-state index contributed by atoms with van der Waals surface area (Å²) in [5.74, 6) is 0.330. The number of piperidine rings is 1. The Balaban J connectivity index is 1.91. The number of carbonyl (C=O) groups is 2. The van der Waals surface area contributed by atoms with E-state index in [0.29, 0.717) is 12.2 Å². The standard InChI is InChI=1S/C14H20N4O2/c1-2-13(19)18-8-6-10(7-9-18)16-12-5-3-4-11(17-12)14(15)20/h3-5,10H,2,6-9H2,1H3,(H2,15,20)(H,16,17). The van der Waals surface area contributed by atoms with Gasteiger partial charge in [0.1, 0.15) is 11.5 Å². The van der Waals surface area contributed by atoms with Gasteiger partial charge in [0.2, 0.25) is 5.91 Å². The van der Waals surface area contributed by atoms with Crippen molar-refractivity contribution in [2.75, 3.05) is 18.4 Å². The number of rotatable bonds is 4. The van der Waals surface area contributed by atoms with Crippen molar-refractivity contribution >= 4 is 17.6 Å². The van der Waals surface area contributed by atoms with E-state index in [-0.39, 0.29) is 17.6 Å². The molecule has 2 rings (SSSR count). The van der Waals surface area contributed by atoms with Gasteiger partial charge in [0.15, 0.2) is 0 Å². The number of nitrogens with two attached hydrogens (primary N) is 1. The third kappa shape index (κ3) is 3.46. The topological polar surface area (TPSA) is 88.3 Å². The average molecular weight is 276 g/mol. The summed E-state index contributed by atoms with van der Waals surface area (Å²) >= 11 is 0. The van der Waals surface area contributed by atoms with Crippen LogP contribution in [0.25, 0.3) is 0 Å². The van der Waals surface area contributed by atoms with E-state index >= 15 is 0 Å². The van der Waals surface area contributed by atoms with Crippen LogP contribution in [0.15, 0.2) is 18.2 Å². The molecule has 0 aliphatic carbocycles. The highest BCUT2D eigenvalue weighted by Gasteiger charge is 2.21. The lowest BCUT2D eigenvalue weighted by Crippen LogP contribution is -2.42. The Morgan fingerprint density at radius 2 is 2.10 bits per heavy atom. The molecule has 0 unspecified atom stereocenters. The molecule has 3 N–H and O–H groups in total. The molecule has 0 bridgehead atoms. The van der Waals surface area contributed by atoms with Crippen molar-refractivity contribution in [2.24, 2.45) is 5.73 Å². The molecule has 108 valence electrons. The van der Waals surface area contributed by atoms with Crippen LogP contribution in [0.4, 0.5) is 5.82 Å². The van der Waals surface area contributed by atoms with Crippen molar-refractivity contribution in [1.29, 1.82) is 0 Å². The largest absolute Gasteiger partial charge is 0.367 e. The number of nitrogens with zero attached hydrogens (tertiary/aromatic N) is 2. The summed E-state index contributed by atoms with van der Waals surface area (Å²) in [6, 6.07) is 5.43. The second-order valence-electron chi connectivity index (χ2n) is 4.93. The van der Waals surface area contributed by atoms with E-state index in [0.717, 1.165) is 25.9 Å². The molecule has 2 heterocycles. The number of anilines is 1. The highest BCUT2D eigenvalue weighted by Crippen LogP contribution is 2.16. The average Bonchev–Trinajstić information content (AvgIpc) is 2.47. The van der Waals surface area contributed by atoms with Gasteiger partial charge < -0.3 is 16.0 Å². The predicted octanol–water partition coefficient (Wildman–Crippen LogP) is 0.993. The van der Waals surface area contributed by atoms with Gasteiger partial charge in [-0.1, -0.05) is 13.0 Å². The van der Waals surface area contributed by atoms with E-state index in [2.05, 4.69) is 10.3 Å². The van der Waals surface area contributed by atoms with E-state index in [4.69, 9.17) is 5.73 Å². The lowest BCUT2D eigenvalue weighted by molar-refractivity contribution is -0.131. The summed E-state index contributed by atoms with van der Waals surface area (Å²) in [7, 11) is 0. The maximum absolute atomic E-state index is 11.6. The molecule has 20 heavy (non-hydrogen) atoms. The number of pyridine rings is 1. The number of likely N-dealkylation sites (tertiary alicyclic amines) is 1. The van der Waals surface area contributed by atoms with Gasteiger partial charge in [-0.25, -0.2) is 4.98 Å². The smallest absolute Gasteiger partial charge is 0.267 e. The van der Waals surface area contributed by atoms with Crippen molar-refractivity contribution < 1.29 is 9.59 Å². The zero-order chi connectivity index (χ0) is 14.5. The first-order valence-corrected chi connectivity index (χ1v) is 6.91. The Morgan fingerprint density at radius 3 is 2.70 bits per heavy atom. The fourth-order valence-corrected chi connectivity index (χ4v) is 2.36. The molecule has 1 aromatic rings. The SMILES string of the molecule is CCC(=O)N1CCC(Nc2cccc(C(N)=O)n2)CC1. The normalized spacial score (nSPS) is 15.9. The monoisotopic (exact) mass is 276 g/mol. The first-order valence-electron chi connectivity index (χ1n) is 6.91. The summed E-state index contributed by atoms with van der Waals surface area (Å²) in [4.78, 5) is 28.7. The van der Waals surface area contributed by atoms with Crippen molar-refractivity contribution in [3.63, 3.8) is 0 Å². The maximum atomic E-state index is 11.6. The molecule has 1 saturated heterocycles. The van der Waals surface area contributed by atoms with E-state index in [1.54, 1.807) is 12.1 Å². The van der Waals surface area contributed by atoms with Gasteiger partial charge in [0, 0.05) is 25.6 Å². The lowest BCUT2D eigenvalue weighted by atomic mass is 10.0. The minimum atomic E-state index is -0.531. The Kier molecular flexibility index (Phi) is 4.55. The molecule has 6 heteroatoms. The van der Waals surface area contributed by atoms with E-state index in [9.17, 15) is 9.59 Å². The van der Waals surface area contributed by atoms with Crippen molar-refractivity contribution in [2.45, 2.75) is 32.2 Å². The first kappa shape index (κ1) is 14.3. The number of hydrogen-bond donors (Lipinski definition) is 2. The molecule has 1 aliphatic heterocycles. The highest BCUT2D eigenvalue weighted by atomic mass is 16.2. The van der Waals surface area contributed by atoms with Gasteiger partial charge in [-0.3, -0.25) is 9.59 Å². The number of carbonyl (C=O) groups excluding carboxylic acids is 2. The van der Waals surface area contributed by atoms with E-state index < -0.39 is 5.91 Å². The van der Waals surface area contributed by atoms with Gasteiger partial charge in [-0.05, 0) is 25.0 Å². The van der Waals surface area contributed by atoms with Crippen LogP contribution in [0.3, 0.4) is 0 Å². The Labute approximate surface area is 118 Å². The summed E-state index contributed by atoms with van der Waals surface area (Å²) in [5, 5.41) is 3.30. The summed E-state index contributed by atoms with van der Waals surface area (Å²) < 4.78 is 0. The Bertz CT molecular complexity index is 496. The summed E-state index contributed by atoms with van der Waals surface area (Å²) in [6.45, 7) is 3.41. The van der Waals surface area contributed by atoms with Crippen LogP contribution < -0.4 is 11.1 Å². The van der Waals surface area contributed by atoms with Crippen LogP contribution >= 0.6 is 0 Å². The van der Waals surface area contributed by atoms with Crippen LogP contribution in [-0.2, 0) is 4.79 Å². The number of primary amides is 1. The predicted molar refractivity (Wildman–Crippen MR) is 76.3 cm³/mol. The third-order valence-corrected chi connectivity index (χ3v) is 3.50. The number of amides is 2. The van der Waals surface area contributed by atoms with Crippen molar-refractivity contribution in [1.82, 2.24) is 9.88 Å². The van der Waals surface area contributed by atoms with Gasteiger partial charge in [-0.15, -0.1) is 0 Å². The number of aromatic nitrogens is 1. The summed E-state index contributed by atoms with van der Waals surface area (Å²) in [6.07, 6.45) is 2.32. The maximum Gasteiger partial charge on any atom is 0.267 e. The molecular formula is C14H20N4O2. The molecule has 0 radical (unpaired) electrons. The third-order valence-electron chi connectivity index (χ3n) is 3.50. The second kappa shape index (κ2) is 6.36. The molecule has 0 saturated carbocycles. The molecular weight excluding hydrogens is 256 g/mol. The molecule has 1 aromatic heterocycles. The van der Waals surface area contributed by atoms with Crippen LogP contribution in [0.5, 0.6) is 0 Å². The van der Waals surface area contributed by atoms with E-state index in [1.807, 2.05) is 17.9 Å². The zero-order valence-corrected chi connectivity index (χ0v) is 11.6. The number of nitrogens with one attached hydrogen (secondary N) is 1. The highest BCUT2D eigenvalue weighted by molar-refractivity contribution is 5.91. The van der Waals surface area contributed by atoms with E-state index in [1.165, 1.54) is 0 Å². The minimum Gasteiger partial charge on any atom is -0.367 e. The zero-order valence-electron chi connectivity index (χ0n) is 11.6. The second-order valence-corrected chi connectivity index (χ2v) is 4.93. The molecule has 0 aromatic carbocycles.